The van der Waals surface area contributed by atoms with Gasteiger partial charge < -0.3 is 15.4 Å². The van der Waals surface area contributed by atoms with Gasteiger partial charge in [-0.1, -0.05) is 12.1 Å². The van der Waals surface area contributed by atoms with Crippen LogP contribution in [0, 0.1) is 0 Å². The molecule has 0 spiro atoms. The molecule has 0 atom stereocenters. The van der Waals surface area contributed by atoms with Crippen molar-refractivity contribution in [1.29, 1.82) is 0 Å². The molecule has 0 saturated carbocycles. The van der Waals surface area contributed by atoms with Gasteiger partial charge in [0.1, 0.15) is 0 Å². The van der Waals surface area contributed by atoms with Crippen molar-refractivity contribution in [2.45, 2.75) is 19.0 Å². The quantitative estimate of drug-likeness (QED) is 0.793. The molecule has 0 saturated heterocycles. The van der Waals surface area contributed by atoms with Crippen molar-refractivity contribution in [2.24, 2.45) is 5.73 Å². The van der Waals surface area contributed by atoms with Gasteiger partial charge in [-0.2, -0.15) is 13.2 Å². The summed E-state index contributed by atoms with van der Waals surface area (Å²) in [6.07, 6.45) is 0.450. The Balaban J connectivity index is 2.23. The van der Waals surface area contributed by atoms with Gasteiger partial charge in [0, 0.05) is 23.9 Å². The molecule has 0 amide bonds. The molecule has 2 aromatic rings. The SMILES string of the molecule is NCC/C=C(/Cc1cn(-c2cccc(C(F)(F)F)c2)cn1)C(=O)O. The molecule has 5 nitrogen and oxygen atoms in total. The Kier molecular flexibility index (Phi) is 5.40. The maximum atomic E-state index is 12.8. The molecule has 0 fully saturated rings. The first-order chi connectivity index (χ1) is 11.3. The lowest BCUT2D eigenvalue weighted by atomic mass is 10.1. The largest absolute Gasteiger partial charge is 0.478 e. The maximum Gasteiger partial charge on any atom is 0.416 e. The number of aromatic nitrogens is 2. The van der Waals surface area contributed by atoms with E-state index in [1.807, 2.05) is 0 Å². The standard InChI is InChI=1S/C16H16F3N3O2/c17-16(18,19)12-4-1-5-14(8-12)22-9-13(21-10-22)7-11(15(23)24)3-2-6-20/h1,3-5,8-10H,2,6-7,20H2,(H,23,24)/b11-3-. The van der Waals surface area contributed by atoms with Crippen LogP contribution in [0.15, 0.2) is 48.4 Å². The zero-order valence-electron chi connectivity index (χ0n) is 12.6. The summed E-state index contributed by atoms with van der Waals surface area (Å²) in [7, 11) is 0. The minimum absolute atomic E-state index is 0.0707. The lowest BCUT2D eigenvalue weighted by molar-refractivity contribution is -0.137. The highest BCUT2D eigenvalue weighted by molar-refractivity contribution is 5.86. The van der Waals surface area contributed by atoms with Crippen LogP contribution in [0.25, 0.3) is 5.69 Å². The second-order valence-electron chi connectivity index (χ2n) is 5.11. The normalized spacial score (nSPS) is 12.4. The molecule has 2 rings (SSSR count). The van der Waals surface area contributed by atoms with Gasteiger partial charge in [-0.25, -0.2) is 9.78 Å². The number of imidazole rings is 1. The van der Waals surface area contributed by atoms with Crippen LogP contribution in [0.5, 0.6) is 0 Å². The van der Waals surface area contributed by atoms with E-state index in [1.54, 1.807) is 0 Å². The van der Waals surface area contributed by atoms with E-state index in [9.17, 15) is 18.0 Å². The van der Waals surface area contributed by atoms with E-state index in [0.717, 1.165) is 12.1 Å². The molecule has 0 aliphatic heterocycles. The van der Waals surface area contributed by atoms with Crippen molar-refractivity contribution in [3.05, 3.63) is 59.7 Å². The van der Waals surface area contributed by atoms with E-state index < -0.39 is 17.7 Å². The van der Waals surface area contributed by atoms with Crippen LogP contribution in [-0.4, -0.2) is 27.2 Å². The predicted octanol–water partition coefficient (Wildman–Crippen LogP) is 2.79. The van der Waals surface area contributed by atoms with Crippen LogP contribution in [-0.2, 0) is 17.4 Å². The molecule has 1 aromatic heterocycles. The third-order valence-corrected chi connectivity index (χ3v) is 3.31. The Morgan fingerprint density at radius 1 is 1.38 bits per heavy atom. The van der Waals surface area contributed by atoms with Gasteiger partial charge in [-0.3, -0.25) is 0 Å². The fourth-order valence-electron chi connectivity index (χ4n) is 2.13. The predicted molar refractivity (Wildman–Crippen MR) is 81.7 cm³/mol. The molecule has 128 valence electrons. The molecule has 0 bridgehead atoms. The number of hydrogen-bond donors (Lipinski definition) is 2. The number of carbonyl (C=O) groups is 1. The second kappa shape index (κ2) is 7.31. The van der Waals surface area contributed by atoms with E-state index in [0.29, 0.717) is 24.3 Å². The summed E-state index contributed by atoms with van der Waals surface area (Å²) >= 11 is 0. The number of nitrogens with two attached hydrogens (primary N) is 1. The summed E-state index contributed by atoms with van der Waals surface area (Å²) in [5, 5.41) is 9.14. The average molecular weight is 339 g/mol. The fraction of sp³-hybridized carbons (Fsp3) is 0.250. The molecule has 24 heavy (non-hydrogen) atoms. The number of hydrogen-bond acceptors (Lipinski definition) is 3. The number of rotatable bonds is 6. The Labute approximate surface area is 136 Å². The third kappa shape index (κ3) is 4.45. The minimum Gasteiger partial charge on any atom is -0.478 e. The number of halogens is 3. The molecular formula is C16H16F3N3O2. The number of carboxylic acid groups (broad SMARTS) is 1. The Morgan fingerprint density at radius 3 is 2.75 bits per heavy atom. The first-order valence-electron chi connectivity index (χ1n) is 7.14. The lowest BCUT2D eigenvalue weighted by Gasteiger charge is -2.08. The monoisotopic (exact) mass is 339 g/mol. The van der Waals surface area contributed by atoms with Crippen LogP contribution in [0.2, 0.25) is 0 Å². The highest BCUT2D eigenvalue weighted by atomic mass is 19.4. The zero-order valence-corrected chi connectivity index (χ0v) is 12.6. The molecule has 0 aliphatic rings. The van der Waals surface area contributed by atoms with E-state index in [-0.39, 0.29) is 12.0 Å². The van der Waals surface area contributed by atoms with Crippen LogP contribution in [0.3, 0.4) is 0 Å². The molecule has 0 unspecified atom stereocenters. The Bertz CT molecular complexity index is 751. The molecular weight excluding hydrogens is 323 g/mol. The van der Waals surface area contributed by atoms with Crippen molar-refractivity contribution in [2.75, 3.05) is 6.54 Å². The third-order valence-electron chi connectivity index (χ3n) is 3.31. The zero-order chi connectivity index (χ0) is 17.7. The van der Waals surface area contributed by atoms with Crippen molar-refractivity contribution in [3.63, 3.8) is 0 Å². The first kappa shape index (κ1) is 17.7. The van der Waals surface area contributed by atoms with Gasteiger partial charge >= 0.3 is 12.1 Å². The first-order valence-corrected chi connectivity index (χ1v) is 7.14. The maximum absolute atomic E-state index is 12.8. The van der Waals surface area contributed by atoms with E-state index in [2.05, 4.69) is 4.98 Å². The summed E-state index contributed by atoms with van der Waals surface area (Å²) in [5.41, 5.74) is 5.48. The van der Waals surface area contributed by atoms with E-state index in [4.69, 9.17) is 10.8 Å². The smallest absolute Gasteiger partial charge is 0.416 e. The van der Waals surface area contributed by atoms with Gasteiger partial charge in [0.15, 0.2) is 0 Å². The van der Waals surface area contributed by atoms with Crippen molar-refractivity contribution in [1.82, 2.24) is 9.55 Å². The van der Waals surface area contributed by atoms with Crippen molar-refractivity contribution in [3.8, 4) is 5.69 Å². The van der Waals surface area contributed by atoms with Gasteiger partial charge in [-0.15, -0.1) is 0 Å². The highest BCUT2D eigenvalue weighted by Gasteiger charge is 2.30. The van der Waals surface area contributed by atoms with E-state index in [1.165, 1.54) is 35.3 Å². The van der Waals surface area contributed by atoms with Crippen LogP contribution in [0.4, 0.5) is 13.2 Å². The molecule has 1 heterocycles. The minimum atomic E-state index is -4.43. The van der Waals surface area contributed by atoms with E-state index >= 15 is 0 Å². The lowest BCUT2D eigenvalue weighted by Crippen LogP contribution is -2.06. The summed E-state index contributed by atoms with van der Waals surface area (Å²) in [6.45, 7) is 0.329. The molecule has 1 aromatic carbocycles. The molecule has 0 aliphatic carbocycles. The number of alkyl halides is 3. The summed E-state index contributed by atoms with van der Waals surface area (Å²) in [5.74, 6) is -1.07. The fourth-order valence-corrected chi connectivity index (χ4v) is 2.13. The van der Waals surface area contributed by atoms with Gasteiger partial charge in [-0.05, 0) is 31.2 Å². The number of aliphatic carboxylic acids is 1. The highest BCUT2D eigenvalue weighted by Crippen LogP contribution is 2.30. The van der Waals surface area contributed by atoms with Gasteiger partial charge in [0.2, 0.25) is 0 Å². The van der Waals surface area contributed by atoms with Crippen LogP contribution >= 0.6 is 0 Å². The molecule has 8 heteroatoms. The molecule has 3 N–H and O–H groups in total. The van der Waals surface area contributed by atoms with Crippen LogP contribution in [0.1, 0.15) is 17.7 Å². The summed E-state index contributed by atoms with van der Waals surface area (Å²) < 4.78 is 39.7. The van der Waals surface area contributed by atoms with Gasteiger partial charge in [0.25, 0.3) is 0 Å². The number of nitrogens with zero attached hydrogens (tertiary/aromatic N) is 2. The second-order valence-corrected chi connectivity index (χ2v) is 5.11. The van der Waals surface area contributed by atoms with Crippen molar-refractivity contribution >= 4 is 5.97 Å². The number of benzene rings is 1. The Morgan fingerprint density at radius 2 is 2.12 bits per heavy atom. The summed E-state index contributed by atoms with van der Waals surface area (Å²) in [6, 6.07) is 4.82. The molecule has 0 radical (unpaired) electrons. The number of carboxylic acids is 1. The Hall–Kier alpha value is -2.61. The summed E-state index contributed by atoms with van der Waals surface area (Å²) in [4.78, 5) is 15.2. The average Bonchev–Trinajstić information content (AvgIpc) is 2.99. The van der Waals surface area contributed by atoms with Crippen LogP contribution < -0.4 is 5.73 Å². The van der Waals surface area contributed by atoms with Crippen molar-refractivity contribution < 1.29 is 23.1 Å². The van der Waals surface area contributed by atoms with Gasteiger partial charge in [0.05, 0.1) is 17.6 Å². The topological polar surface area (TPSA) is 81.1 Å².